The first-order valence-corrected chi connectivity index (χ1v) is 10.3. The van der Waals surface area contributed by atoms with Gasteiger partial charge in [0, 0.05) is 24.8 Å². The Morgan fingerprint density at radius 1 is 1.26 bits per heavy atom. The number of fused-ring (bicyclic) bond motifs is 1. The van der Waals surface area contributed by atoms with Crippen molar-refractivity contribution in [2.24, 2.45) is 10.3 Å². The van der Waals surface area contributed by atoms with Crippen LogP contribution in [0.4, 0.5) is 5.82 Å². The van der Waals surface area contributed by atoms with E-state index in [9.17, 15) is 13.2 Å². The summed E-state index contributed by atoms with van der Waals surface area (Å²) in [5.74, 6) is 0.617. The molecule has 1 atom stereocenters. The fourth-order valence-corrected chi connectivity index (χ4v) is 4.76. The van der Waals surface area contributed by atoms with Crippen molar-refractivity contribution in [3.05, 3.63) is 53.7 Å². The van der Waals surface area contributed by atoms with Crippen LogP contribution in [0.15, 0.2) is 51.9 Å². The van der Waals surface area contributed by atoms with Gasteiger partial charge < -0.3 is 10.2 Å². The molecule has 0 bridgehead atoms. The number of piperidine rings is 1. The zero-order valence-corrected chi connectivity index (χ0v) is 15.7. The number of amidine groups is 1. The topological polar surface area (TPSA) is 91.7 Å². The summed E-state index contributed by atoms with van der Waals surface area (Å²) in [5.41, 5.74) is 1.63. The summed E-state index contributed by atoms with van der Waals surface area (Å²) in [4.78, 5) is 19.0. The van der Waals surface area contributed by atoms with Gasteiger partial charge >= 0.3 is 0 Å². The molecule has 140 valence electrons. The second-order valence-electron chi connectivity index (χ2n) is 6.88. The summed E-state index contributed by atoms with van der Waals surface area (Å²) in [5, 5.41) is 2.86. The maximum Gasteiger partial charge on any atom is 0.285 e. The number of hydrogen-bond acceptors (Lipinski definition) is 5. The van der Waals surface area contributed by atoms with Gasteiger partial charge in [0.1, 0.15) is 10.7 Å². The second-order valence-corrected chi connectivity index (χ2v) is 8.45. The van der Waals surface area contributed by atoms with Crippen LogP contribution in [0.1, 0.15) is 24.0 Å². The third kappa shape index (κ3) is 3.44. The standard InChI is InChI=1S/C19H20N4O3S/c1-13-8-9-20-17(11-13)21-19(24)14-5-4-10-23(12-14)18-15-6-2-3-7-16(15)27(25,26)22-18/h2-3,6-9,11,14H,4-5,10,12H2,1H3,(H,20,21,24)/t14-/m1/s1. The Morgan fingerprint density at radius 2 is 2.07 bits per heavy atom. The predicted octanol–water partition coefficient (Wildman–Crippen LogP) is 2.19. The largest absolute Gasteiger partial charge is 0.355 e. The van der Waals surface area contributed by atoms with Crippen LogP contribution < -0.4 is 5.32 Å². The molecule has 2 aromatic rings. The van der Waals surface area contributed by atoms with Crippen molar-refractivity contribution in [2.45, 2.75) is 24.7 Å². The molecule has 0 aliphatic carbocycles. The summed E-state index contributed by atoms with van der Waals surface area (Å²) in [7, 11) is -3.66. The SMILES string of the molecule is Cc1ccnc(NC(=O)[C@@H]2CCCN(C3=NS(=O)(=O)c4ccccc43)C2)c1. The Kier molecular flexibility index (Phi) is 4.43. The highest BCUT2D eigenvalue weighted by Gasteiger charge is 2.35. The van der Waals surface area contributed by atoms with E-state index in [-0.39, 0.29) is 16.7 Å². The van der Waals surface area contributed by atoms with Gasteiger partial charge in [0.05, 0.1) is 5.92 Å². The Balaban J connectivity index is 1.53. The Bertz CT molecular complexity index is 1030. The molecule has 1 fully saturated rings. The van der Waals surface area contributed by atoms with Crippen LogP contribution in [0.25, 0.3) is 0 Å². The third-order valence-electron chi connectivity index (χ3n) is 4.87. The zero-order valence-electron chi connectivity index (χ0n) is 14.9. The molecule has 1 N–H and O–H groups in total. The number of benzene rings is 1. The number of carbonyl (C=O) groups excluding carboxylic acids is 1. The van der Waals surface area contributed by atoms with Crippen LogP contribution in [0.2, 0.25) is 0 Å². The average Bonchev–Trinajstić information content (AvgIpc) is 2.93. The van der Waals surface area contributed by atoms with Crippen LogP contribution in [0, 0.1) is 12.8 Å². The van der Waals surface area contributed by atoms with Crippen LogP contribution in [0.3, 0.4) is 0 Å². The maximum absolute atomic E-state index is 12.7. The average molecular weight is 384 g/mol. The summed E-state index contributed by atoms with van der Waals surface area (Å²) in [6.07, 6.45) is 3.20. The Hall–Kier alpha value is -2.74. The van der Waals surface area contributed by atoms with E-state index in [1.807, 2.05) is 24.0 Å². The van der Waals surface area contributed by atoms with Crippen molar-refractivity contribution < 1.29 is 13.2 Å². The first-order chi connectivity index (χ1) is 12.9. The summed E-state index contributed by atoms with van der Waals surface area (Å²) in [6, 6.07) is 10.5. The summed E-state index contributed by atoms with van der Waals surface area (Å²) in [6.45, 7) is 3.05. The first-order valence-electron chi connectivity index (χ1n) is 8.87. The second kappa shape index (κ2) is 6.77. The Labute approximate surface area is 158 Å². The van der Waals surface area contributed by atoms with E-state index in [1.54, 1.807) is 30.5 Å². The number of rotatable bonds is 2. The van der Waals surface area contributed by atoms with Gasteiger partial charge in [0.2, 0.25) is 5.91 Å². The van der Waals surface area contributed by atoms with Crippen molar-refractivity contribution in [2.75, 3.05) is 18.4 Å². The minimum Gasteiger partial charge on any atom is -0.355 e. The number of pyridine rings is 1. The van der Waals surface area contributed by atoms with Crippen molar-refractivity contribution in [1.82, 2.24) is 9.88 Å². The molecule has 0 unspecified atom stereocenters. The number of hydrogen-bond donors (Lipinski definition) is 1. The number of aryl methyl sites for hydroxylation is 1. The highest BCUT2D eigenvalue weighted by atomic mass is 32.2. The molecule has 1 aromatic carbocycles. The van der Waals surface area contributed by atoms with Gasteiger partial charge in [-0.25, -0.2) is 4.98 Å². The lowest BCUT2D eigenvalue weighted by Crippen LogP contribution is -2.43. The monoisotopic (exact) mass is 384 g/mol. The van der Waals surface area contributed by atoms with E-state index in [4.69, 9.17) is 0 Å². The minimum atomic E-state index is -3.66. The molecule has 3 heterocycles. The van der Waals surface area contributed by atoms with Crippen LogP contribution in [-0.2, 0) is 14.8 Å². The van der Waals surface area contributed by atoms with Gasteiger partial charge in [-0.2, -0.15) is 8.42 Å². The van der Waals surface area contributed by atoms with E-state index >= 15 is 0 Å². The molecule has 7 nitrogen and oxygen atoms in total. The molecule has 4 rings (SSSR count). The molecular formula is C19H20N4O3S. The Morgan fingerprint density at radius 3 is 2.89 bits per heavy atom. The smallest absolute Gasteiger partial charge is 0.285 e. The summed E-state index contributed by atoms with van der Waals surface area (Å²) < 4.78 is 28.6. The molecule has 0 radical (unpaired) electrons. The van der Waals surface area contributed by atoms with Gasteiger partial charge in [-0.3, -0.25) is 4.79 Å². The zero-order chi connectivity index (χ0) is 19.0. The first kappa shape index (κ1) is 17.7. The number of sulfonamides is 1. The number of amides is 1. The molecular weight excluding hydrogens is 364 g/mol. The third-order valence-corrected chi connectivity index (χ3v) is 6.20. The molecule has 2 aliphatic heterocycles. The predicted molar refractivity (Wildman–Crippen MR) is 102 cm³/mol. The number of carbonyl (C=O) groups is 1. The number of nitrogens with zero attached hydrogens (tertiary/aromatic N) is 3. The van der Waals surface area contributed by atoms with Crippen LogP contribution in [0.5, 0.6) is 0 Å². The van der Waals surface area contributed by atoms with E-state index in [1.165, 1.54) is 0 Å². The van der Waals surface area contributed by atoms with Gasteiger partial charge in [0.15, 0.2) is 5.84 Å². The molecule has 0 saturated carbocycles. The fourth-order valence-electron chi connectivity index (χ4n) is 3.53. The fraction of sp³-hybridized carbons (Fsp3) is 0.316. The van der Waals surface area contributed by atoms with Crippen molar-refractivity contribution in [3.8, 4) is 0 Å². The minimum absolute atomic E-state index is 0.104. The quantitative estimate of drug-likeness (QED) is 0.857. The van der Waals surface area contributed by atoms with Gasteiger partial charge in [-0.1, -0.05) is 12.1 Å². The number of nitrogens with one attached hydrogen (secondary N) is 1. The molecule has 2 aliphatic rings. The number of likely N-dealkylation sites (tertiary alicyclic amines) is 1. The number of aromatic nitrogens is 1. The lowest BCUT2D eigenvalue weighted by atomic mass is 9.96. The molecule has 27 heavy (non-hydrogen) atoms. The molecule has 8 heteroatoms. The van der Waals surface area contributed by atoms with E-state index in [0.717, 1.165) is 18.4 Å². The molecule has 0 spiro atoms. The molecule has 1 aromatic heterocycles. The van der Waals surface area contributed by atoms with Crippen LogP contribution >= 0.6 is 0 Å². The normalized spacial score (nSPS) is 20.7. The molecule has 1 saturated heterocycles. The lowest BCUT2D eigenvalue weighted by molar-refractivity contribution is -0.121. The van der Waals surface area contributed by atoms with Gasteiger partial charge in [-0.15, -0.1) is 4.40 Å². The lowest BCUT2D eigenvalue weighted by Gasteiger charge is -2.33. The van der Waals surface area contributed by atoms with Crippen LogP contribution in [-0.4, -0.2) is 43.1 Å². The van der Waals surface area contributed by atoms with Gasteiger partial charge in [0.25, 0.3) is 10.0 Å². The van der Waals surface area contributed by atoms with Crippen molar-refractivity contribution in [1.29, 1.82) is 0 Å². The van der Waals surface area contributed by atoms with Gasteiger partial charge in [-0.05, 0) is 49.6 Å². The van der Waals surface area contributed by atoms with E-state index in [0.29, 0.717) is 30.3 Å². The molecule has 1 amide bonds. The maximum atomic E-state index is 12.7. The highest BCUT2D eigenvalue weighted by Crippen LogP contribution is 2.30. The highest BCUT2D eigenvalue weighted by molar-refractivity contribution is 7.90. The van der Waals surface area contributed by atoms with E-state index in [2.05, 4.69) is 14.7 Å². The summed E-state index contributed by atoms with van der Waals surface area (Å²) >= 11 is 0. The number of anilines is 1. The van der Waals surface area contributed by atoms with Crippen molar-refractivity contribution >= 4 is 27.6 Å². The van der Waals surface area contributed by atoms with E-state index < -0.39 is 10.0 Å². The van der Waals surface area contributed by atoms with Crippen molar-refractivity contribution in [3.63, 3.8) is 0 Å².